The molecule has 0 spiro atoms. The van der Waals surface area contributed by atoms with Crippen LogP contribution < -0.4 is 0 Å². The smallest absolute Gasteiger partial charge is 0.212 e. The minimum atomic E-state index is -3.20. The van der Waals surface area contributed by atoms with E-state index in [-0.39, 0.29) is 5.41 Å². The van der Waals surface area contributed by atoms with E-state index in [4.69, 9.17) is 0 Å². The summed E-state index contributed by atoms with van der Waals surface area (Å²) in [5.41, 5.74) is -0.168. The van der Waals surface area contributed by atoms with Gasteiger partial charge in [0, 0.05) is 12.1 Å². The van der Waals surface area contributed by atoms with Gasteiger partial charge in [-0.2, -0.15) is 4.31 Å². The lowest BCUT2D eigenvalue weighted by atomic mass is 9.82. The summed E-state index contributed by atoms with van der Waals surface area (Å²) in [6.45, 7) is 15.9. The normalized spacial score (nSPS) is 16.2. The van der Waals surface area contributed by atoms with Gasteiger partial charge in [-0.3, -0.25) is 4.90 Å². The number of rotatable bonds is 5. The molecule has 0 fully saturated rings. The van der Waals surface area contributed by atoms with Gasteiger partial charge in [-0.25, -0.2) is 8.42 Å². The van der Waals surface area contributed by atoms with E-state index in [1.54, 1.807) is 4.31 Å². The van der Waals surface area contributed by atoms with Crippen molar-refractivity contribution >= 4 is 10.0 Å². The Kier molecular flexibility index (Phi) is 6.06. The second kappa shape index (κ2) is 6.10. The quantitative estimate of drug-likeness (QED) is 0.731. The minimum Gasteiger partial charge on any atom is -0.292 e. The molecule has 0 aromatic heterocycles. The molecule has 0 aliphatic rings. The van der Waals surface area contributed by atoms with Gasteiger partial charge in [0.25, 0.3) is 0 Å². The van der Waals surface area contributed by atoms with Gasteiger partial charge in [0.15, 0.2) is 0 Å². The van der Waals surface area contributed by atoms with E-state index in [2.05, 4.69) is 32.6 Å². The molecular formula is C14H32N2O2S. The maximum absolute atomic E-state index is 11.9. The van der Waals surface area contributed by atoms with E-state index in [0.717, 1.165) is 6.54 Å². The molecule has 0 aromatic carbocycles. The maximum Gasteiger partial charge on any atom is 0.212 e. The predicted molar refractivity (Wildman–Crippen MR) is 82.6 cm³/mol. The van der Waals surface area contributed by atoms with Crippen LogP contribution in [0.5, 0.6) is 0 Å². The first kappa shape index (κ1) is 18.9. The van der Waals surface area contributed by atoms with Gasteiger partial charge in [-0.1, -0.05) is 27.7 Å². The Morgan fingerprint density at radius 1 is 1.05 bits per heavy atom. The van der Waals surface area contributed by atoms with E-state index in [9.17, 15) is 8.42 Å². The SMILES string of the molecule is CC(CN(C)CN(C(C)(C)C)S(C)(=O)=O)C(C)(C)C. The highest BCUT2D eigenvalue weighted by Gasteiger charge is 2.31. The second-order valence-corrected chi connectivity index (χ2v) is 9.64. The third-order valence-corrected chi connectivity index (χ3v) is 5.05. The van der Waals surface area contributed by atoms with Crippen LogP contribution in [0.4, 0.5) is 0 Å². The summed E-state index contributed by atoms with van der Waals surface area (Å²) in [5.74, 6) is 0.499. The van der Waals surface area contributed by atoms with Crippen LogP contribution in [0.15, 0.2) is 0 Å². The molecule has 1 atom stereocenters. The fraction of sp³-hybridized carbons (Fsp3) is 1.00. The number of hydrogen-bond donors (Lipinski definition) is 0. The van der Waals surface area contributed by atoms with E-state index >= 15 is 0 Å². The maximum atomic E-state index is 11.9. The fourth-order valence-electron chi connectivity index (χ4n) is 1.83. The number of sulfonamides is 1. The van der Waals surface area contributed by atoms with Gasteiger partial charge in [-0.05, 0) is 39.2 Å². The highest BCUT2D eigenvalue weighted by molar-refractivity contribution is 7.88. The summed E-state index contributed by atoms with van der Waals surface area (Å²) in [6.07, 6.45) is 1.28. The Morgan fingerprint density at radius 2 is 1.47 bits per heavy atom. The van der Waals surface area contributed by atoms with Gasteiger partial charge in [0.05, 0.1) is 12.9 Å². The first-order valence-electron chi connectivity index (χ1n) is 6.82. The third kappa shape index (κ3) is 6.72. The van der Waals surface area contributed by atoms with Gasteiger partial charge in [0.1, 0.15) is 0 Å². The molecule has 0 N–H and O–H groups in total. The molecule has 116 valence electrons. The van der Waals surface area contributed by atoms with Crippen molar-refractivity contribution in [2.75, 3.05) is 26.5 Å². The van der Waals surface area contributed by atoms with Crippen molar-refractivity contribution < 1.29 is 8.42 Å². The summed E-state index contributed by atoms with van der Waals surface area (Å²) in [7, 11) is -1.22. The lowest BCUT2D eigenvalue weighted by molar-refractivity contribution is 0.116. The number of hydrogen-bond acceptors (Lipinski definition) is 3. The molecule has 5 heteroatoms. The zero-order valence-electron chi connectivity index (χ0n) is 14.1. The standard InChI is InChI=1S/C14H32N2O2S/c1-12(13(2,3)4)10-15(8)11-16(14(5,6)7)19(9,17)18/h12H,10-11H2,1-9H3. The molecule has 0 heterocycles. The first-order valence-corrected chi connectivity index (χ1v) is 8.67. The first-order chi connectivity index (χ1) is 8.15. The Balaban J connectivity index is 4.82. The van der Waals surface area contributed by atoms with Crippen molar-refractivity contribution in [2.45, 2.75) is 54.0 Å². The van der Waals surface area contributed by atoms with E-state index in [0.29, 0.717) is 12.6 Å². The van der Waals surface area contributed by atoms with Crippen LogP contribution in [-0.4, -0.2) is 49.7 Å². The van der Waals surface area contributed by atoms with Crippen molar-refractivity contribution in [3.05, 3.63) is 0 Å². The molecule has 0 saturated carbocycles. The summed E-state index contributed by atoms with van der Waals surface area (Å²) in [4.78, 5) is 2.09. The minimum absolute atomic E-state index is 0.228. The van der Waals surface area contributed by atoms with Crippen molar-refractivity contribution in [1.82, 2.24) is 9.21 Å². The van der Waals surface area contributed by atoms with Gasteiger partial charge in [-0.15, -0.1) is 0 Å². The second-order valence-electron chi connectivity index (χ2n) is 7.73. The summed E-state index contributed by atoms with van der Waals surface area (Å²) >= 11 is 0. The topological polar surface area (TPSA) is 40.6 Å². The molecule has 0 rings (SSSR count). The lowest BCUT2D eigenvalue weighted by Crippen LogP contribution is -2.50. The van der Waals surface area contributed by atoms with Crippen molar-refractivity contribution in [3.63, 3.8) is 0 Å². The average Bonchev–Trinajstić information content (AvgIpc) is 2.08. The summed E-state index contributed by atoms with van der Waals surface area (Å²) in [6, 6.07) is 0. The molecule has 0 aliphatic heterocycles. The molecular weight excluding hydrogens is 260 g/mol. The zero-order chi connectivity index (χ0) is 15.6. The molecule has 0 aromatic rings. The van der Waals surface area contributed by atoms with Crippen LogP contribution in [0.3, 0.4) is 0 Å². The largest absolute Gasteiger partial charge is 0.292 e. The van der Waals surface area contributed by atoms with Crippen LogP contribution in [0.2, 0.25) is 0 Å². The molecule has 0 bridgehead atoms. The highest BCUT2D eigenvalue weighted by Crippen LogP contribution is 2.26. The predicted octanol–water partition coefficient (Wildman–Crippen LogP) is 2.62. The average molecular weight is 292 g/mol. The Labute approximate surface area is 120 Å². The van der Waals surface area contributed by atoms with Crippen molar-refractivity contribution in [1.29, 1.82) is 0 Å². The molecule has 0 amide bonds. The van der Waals surface area contributed by atoms with Crippen LogP contribution >= 0.6 is 0 Å². The summed E-state index contributed by atoms with van der Waals surface area (Å²) < 4.78 is 25.3. The van der Waals surface area contributed by atoms with Gasteiger partial charge < -0.3 is 0 Å². The molecule has 0 radical (unpaired) electrons. The Hall–Kier alpha value is -0.130. The Bertz CT molecular complexity index is 377. The molecule has 19 heavy (non-hydrogen) atoms. The van der Waals surface area contributed by atoms with Crippen molar-refractivity contribution in [2.24, 2.45) is 11.3 Å². The van der Waals surface area contributed by atoms with Crippen LogP contribution in [-0.2, 0) is 10.0 Å². The number of nitrogens with zero attached hydrogens (tertiary/aromatic N) is 2. The van der Waals surface area contributed by atoms with Crippen LogP contribution in [0, 0.1) is 11.3 Å². The fourth-order valence-corrected chi connectivity index (χ4v) is 3.23. The summed E-state index contributed by atoms with van der Waals surface area (Å²) in [5, 5.41) is 0. The van der Waals surface area contributed by atoms with Gasteiger partial charge in [0.2, 0.25) is 10.0 Å². The van der Waals surface area contributed by atoms with E-state index < -0.39 is 15.6 Å². The Morgan fingerprint density at radius 3 is 1.74 bits per heavy atom. The molecule has 0 aliphatic carbocycles. The highest BCUT2D eigenvalue weighted by atomic mass is 32.2. The third-order valence-electron chi connectivity index (χ3n) is 3.58. The zero-order valence-corrected chi connectivity index (χ0v) is 14.9. The molecule has 4 nitrogen and oxygen atoms in total. The lowest BCUT2D eigenvalue weighted by Gasteiger charge is -2.38. The van der Waals surface area contributed by atoms with Crippen molar-refractivity contribution in [3.8, 4) is 0 Å². The van der Waals surface area contributed by atoms with E-state index in [1.807, 2.05) is 27.8 Å². The molecule has 1 unspecified atom stereocenters. The monoisotopic (exact) mass is 292 g/mol. The van der Waals surface area contributed by atoms with E-state index in [1.165, 1.54) is 6.26 Å². The van der Waals surface area contributed by atoms with Gasteiger partial charge >= 0.3 is 0 Å². The molecule has 0 saturated heterocycles. The van der Waals surface area contributed by atoms with Crippen LogP contribution in [0.25, 0.3) is 0 Å². The van der Waals surface area contributed by atoms with Crippen LogP contribution in [0.1, 0.15) is 48.5 Å².